The monoisotopic (exact) mass is 366 g/mol. The predicted octanol–water partition coefficient (Wildman–Crippen LogP) is 4.33. The molecule has 0 fully saturated rings. The fourth-order valence-corrected chi connectivity index (χ4v) is 2.42. The van der Waals surface area contributed by atoms with E-state index in [0.29, 0.717) is 18.1 Å². The summed E-state index contributed by atoms with van der Waals surface area (Å²) in [6.07, 6.45) is 0.161. The molecule has 2 aromatic carbocycles. The number of aromatic nitrogens is 2. The molecule has 0 aliphatic carbocycles. The summed E-state index contributed by atoms with van der Waals surface area (Å²) >= 11 is 0. The topological polar surface area (TPSA) is 74.5 Å². The molecule has 1 aromatic heterocycles. The van der Waals surface area contributed by atoms with Gasteiger partial charge in [-0.05, 0) is 50.6 Å². The van der Waals surface area contributed by atoms with Gasteiger partial charge in [0.1, 0.15) is 0 Å². The van der Waals surface area contributed by atoms with Crippen LogP contribution in [0, 0.1) is 6.92 Å². The molecular weight excluding hydrogens is 344 g/mol. The molecule has 0 saturated carbocycles. The summed E-state index contributed by atoms with van der Waals surface area (Å²) in [5, 5.41) is 7.93. The van der Waals surface area contributed by atoms with Crippen LogP contribution in [0.25, 0.3) is 11.5 Å². The molecule has 0 aliphatic rings. The highest BCUT2D eigenvalue weighted by atomic mass is 16.5. The van der Waals surface area contributed by atoms with E-state index < -0.39 is 5.97 Å². The van der Waals surface area contributed by atoms with E-state index in [1.807, 2.05) is 57.2 Å². The minimum absolute atomic E-state index is 0.0736. The number of ether oxygens (including phenoxy) is 2. The van der Waals surface area contributed by atoms with Gasteiger partial charge in [-0.3, -0.25) is 0 Å². The molecule has 140 valence electrons. The number of hydrogen-bond donors (Lipinski definition) is 0. The molecule has 6 heteroatoms. The van der Waals surface area contributed by atoms with Crippen LogP contribution in [0.1, 0.15) is 41.2 Å². The van der Waals surface area contributed by atoms with Crippen molar-refractivity contribution in [3.63, 3.8) is 0 Å². The van der Waals surface area contributed by atoms with Crippen molar-refractivity contribution >= 4 is 5.97 Å². The Morgan fingerprint density at radius 1 is 1.07 bits per heavy atom. The quantitative estimate of drug-likeness (QED) is 0.580. The zero-order valence-electron chi connectivity index (χ0n) is 15.6. The number of nitrogens with zero attached hydrogens (tertiary/aromatic N) is 2. The van der Waals surface area contributed by atoms with Gasteiger partial charge >= 0.3 is 5.97 Å². The van der Waals surface area contributed by atoms with E-state index in [0.717, 1.165) is 16.7 Å². The Labute approximate surface area is 158 Å². The number of carbonyl (C=O) groups excluding carboxylic acids is 1. The molecule has 3 aromatic rings. The summed E-state index contributed by atoms with van der Waals surface area (Å²) in [6, 6.07) is 14.9. The van der Waals surface area contributed by atoms with Crippen molar-refractivity contribution < 1.29 is 18.7 Å². The largest absolute Gasteiger partial charge is 0.452 e. The number of esters is 1. The second kappa shape index (κ2) is 8.60. The van der Waals surface area contributed by atoms with E-state index in [1.54, 1.807) is 12.1 Å². The lowest BCUT2D eigenvalue weighted by molar-refractivity contribution is 0.0438. The maximum absolute atomic E-state index is 12.2. The standard InChI is InChI=1S/C21H22N2O4/c1-14(2)25-12-16-7-9-17(10-8-16)21(24)26-13-19-22-23-20(27-19)18-6-4-5-15(3)11-18/h4-11,14H,12-13H2,1-3H3. The Morgan fingerprint density at radius 2 is 1.85 bits per heavy atom. The van der Waals surface area contributed by atoms with Gasteiger partial charge in [-0.2, -0.15) is 0 Å². The van der Waals surface area contributed by atoms with Crippen molar-refractivity contribution in [1.29, 1.82) is 0 Å². The smallest absolute Gasteiger partial charge is 0.338 e. The average Bonchev–Trinajstić information content (AvgIpc) is 3.14. The first-order valence-corrected chi connectivity index (χ1v) is 8.78. The molecule has 0 atom stereocenters. The first kappa shape index (κ1) is 18.8. The lowest BCUT2D eigenvalue weighted by atomic mass is 10.1. The number of aryl methyl sites for hydroxylation is 1. The SMILES string of the molecule is Cc1cccc(-c2nnc(COC(=O)c3ccc(COC(C)C)cc3)o2)c1. The number of rotatable bonds is 7. The molecule has 6 nitrogen and oxygen atoms in total. The number of benzene rings is 2. The van der Waals surface area contributed by atoms with Gasteiger partial charge < -0.3 is 13.9 Å². The maximum Gasteiger partial charge on any atom is 0.338 e. The zero-order valence-corrected chi connectivity index (χ0v) is 15.6. The van der Waals surface area contributed by atoms with Gasteiger partial charge in [0.15, 0.2) is 6.61 Å². The average molecular weight is 366 g/mol. The third-order valence-electron chi connectivity index (χ3n) is 3.83. The summed E-state index contributed by atoms with van der Waals surface area (Å²) in [5.41, 5.74) is 3.39. The fraction of sp³-hybridized carbons (Fsp3) is 0.286. The molecule has 0 N–H and O–H groups in total. The van der Waals surface area contributed by atoms with Crippen LogP contribution in [0.5, 0.6) is 0 Å². The van der Waals surface area contributed by atoms with Crippen LogP contribution in [0.3, 0.4) is 0 Å². The van der Waals surface area contributed by atoms with Crippen LogP contribution in [0.15, 0.2) is 52.9 Å². The van der Waals surface area contributed by atoms with Gasteiger partial charge in [-0.1, -0.05) is 29.8 Å². The van der Waals surface area contributed by atoms with Crippen LogP contribution in [0.4, 0.5) is 0 Å². The molecule has 0 bridgehead atoms. The van der Waals surface area contributed by atoms with E-state index in [1.165, 1.54) is 0 Å². The molecular formula is C21H22N2O4. The summed E-state index contributed by atoms with van der Waals surface area (Å²) < 4.78 is 16.4. The van der Waals surface area contributed by atoms with Gasteiger partial charge in [-0.15, -0.1) is 10.2 Å². The van der Waals surface area contributed by atoms with Gasteiger partial charge in [0.25, 0.3) is 5.89 Å². The highest BCUT2D eigenvalue weighted by molar-refractivity contribution is 5.89. The summed E-state index contributed by atoms with van der Waals surface area (Å²) in [4.78, 5) is 12.2. The molecule has 1 heterocycles. The van der Waals surface area contributed by atoms with Crippen LogP contribution in [-0.2, 0) is 22.7 Å². The highest BCUT2D eigenvalue weighted by Gasteiger charge is 2.12. The van der Waals surface area contributed by atoms with E-state index in [4.69, 9.17) is 13.9 Å². The molecule has 27 heavy (non-hydrogen) atoms. The Hall–Kier alpha value is -2.99. The number of carbonyl (C=O) groups is 1. The summed E-state index contributed by atoms with van der Waals surface area (Å²) in [5.74, 6) is 0.211. The van der Waals surface area contributed by atoms with Gasteiger partial charge in [0.2, 0.25) is 5.89 Å². The summed E-state index contributed by atoms with van der Waals surface area (Å²) in [6.45, 7) is 6.39. The van der Waals surface area contributed by atoms with Crippen LogP contribution < -0.4 is 0 Å². The Bertz CT molecular complexity index is 901. The molecule has 0 saturated heterocycles. The Morgan fingerprint density at radius 3 is 2.56 bits per heavy atom. The molecule has 0 radical (unpaired) electrons. The minimum atomic E-state index is -0.443. The molecule has 0 spiro atoms. The Kier molecular flexibility index (Phi) is 5.98. The normalized spacial score (nSPS) is 11.0. The maximum atomic E-state index is 12.2. The van der Waals surface area contributed by atoms with Crippen LogP contribution in [-0.4, -0.2) is 22.3 Å². The van der Waals surface area contributed by atoms with Gasteiger partial charge in [-0.25, -0.2) is 4.79 Å². The third kappa shape index (κ3) is 5.24. The van der Waals surface area contributed by atoms with Gasteiger partial charge in [0, 0.05) is 5.56 Å². The molecule has 3 rings (SSSR count). The van der Waals surface area contributed by atoms with Gasteiger partial charge in [0.05, 0.1) is 18.3 Å². The second-order valence-electron chi connectivity index (χ2n) is 6.50. The first-order chi connectivity index (χ1) is 13.0. The number of hydrogen-bond acceptors (Lipinski definition) is 6. The van der Waals surface area contributed by atoms with Crippen molar-refractivity contribution in [2.75, 3.05) is 0 Å². The molecule has 0 aliphatic heterocycles. The second-order valence-corrected chi connectivity index (χ2v) is 6.50. The lowest BCUT2D eigenvalue weighted by Crippen LogP contribution is -2.06. The van der Waals surface area contributed by atoms with E-state index in [-0.39, 0.29) is 18.6 Å². The lowest BCUT2D eigenvalue weighted by Gasteiger charge is -2.08. The van der Waals surface area contributed by atoms with Crippen molar-refractivity contribution in [2.24, 2.45) is 0 Å². The minimum Gasteiger partial charge on any atom is -0.452 e. The van der Waals surface area contributed by atoms with E-state index in [9.17, 15) is 4.79 Å². The fourth-order valence-electron chi connectivity index (χ4n) is 2.42. The van der Waals surface area contributed by atoms with Crippen LogP contribution >= 0.6 is 0 Å². The molecule has 0 amide bonds. The zero-order chi connectivity index (χ0) is 19.2. The third-order valence-corrected chi connectivity index (χ3v) is 3.83. The van der Waals surface area contributed by atoms with Crippen molar-refractivity contribution in [2.45, 2.75) is 40.1 Å². The van der Waals surface area contributed by atoms with Crippen molar-refractivity contribution in [3.8, 4) is 11.5 Å². The molecule has 0 unspecified atom stereocenters. The highest BCUT2D eigenvalue weighted by Crippen LogP contribution is 2.19. The van der Waals surface area contributed by atoms with E-state index >= 15 is 0 Å². The first-order valence-electron chi connectivity index (χ1n) is 8.78. The van der Waals surface area contributed by atoms with Crippen molar-refractivity contribution in [1.82, 2.24) is 10.2 Å². The Balaban J connectivity index is 1.56. The van der Waals surface area contributed by atoms with E-state index in [2.05, 4.69) is 10.2 Å². The summed E-state index contributed by atoms with van der Waals surface area (Å²) in [7, 11) is 0. The predicted molar refractivity (Wildman–Crippen MR) is 100.0 cm³/mol. The van der Waals surface area contributed by atoms with Crippen molar-refractivity contribution in [3.05, 3.63) is 71.1 Å². The van der Waals surface area contributed by atoms with Crippen LogP contribution in [0.2, 0.25) is 0 Å².